The molecule has 8 heteroatoms. The Morgan fingerprint density at radius 1 is 1.29 bits per heavy atom. The monoisotopic (exact) mass is 381 g/mol. The molecular weight excluding hydrogens is 358 g/mol. The van der Waals surface area contributed by atoms with E-state index in [1.54, 1.807) is 12.1 Å². The van der Waals surface area contributed by atoms with Gasteiger partial charge in [0.2, 0.25) is 5.91 Å². The Labute approximate surface area is 163 Å². The maximum Gasteiger partial charge on any atom is 0.357 e. The van der Waals surface area contributed by atoms with Crippen LogP contribution in [0.25, 0.3) is 5.69 Å². The van der Waals surface area contributed by atoms with E-state index in [2.05, 4.69) is 11.8 Å². The number of primary amides is 1. The normalized spacial score (nSPS) is 16.5. The third kappa shape index (κ3) is 3.27. The number of nitriles is 1. The van der Waals surface area contributed by atoms with E-state index in [0.29, 0.717) is 11.3 Å². The molecule has 146 valence electrons. The third-order valence-corrected chi connectivity index (χ3v) is 5.18. The molecule has 0 bridgehead atoms. The first kappa shape index (κ1) is 19.3. The molecule has 0 radical (unpaired) electrons. The van der Waals surface area contributed by atoms with E-state index in [-0.39, 0.29) is 23.0 Å². The zero-order valence-electron chi connectivity index (χ0n) is 15.9. The molecule has 1 aliphatic rings. The number of amides is 1. The first-order valence-corrected chi connectivity index (χ1v) is 9.09. The molecule has 1 unspecified atom stereocenters. The van der Waals surface area contributed by atoms with Crippen LogP contribution < -0.4 is 16.4 Å². The summed E-state index contributed by atoms with van der Waals surface area (Å²) in [5, 5.41) is 9.38. The number of carbonyl (C=O) groups excluding carboxylic acids is 2. The Balaban J connectivity index is 2.28. The van der Waals surface area contributed by atoms with E-state index < -0.39 is 11.9 Å². The summed E-state index contributed by atoms with van der Waals surface area (Å²) in [5.41, 5.74) is 13.4. The molecule has 0 spiro atoms. The number of hydrogen-bond donors (Lipinski definition) is 2. The van der Waals surface area contributed by atoms with Gasteiger partial charge in [-0.05, 0) is 44.4 Å². The first-order valence-electron chi connectivity index (χ1n) is 9.09. The standard InChI is InChI=1S/C20H23N5O3/c1-12-5-3-4-8-24(12)15-7-6-13(19(23)26)9-16(15)25-11-14(10-21)17(22)18(25)20(27)28-2/h6-7,9,11-12H,3-5,8,22H2,1-2H3,(H2,23,26). The number of benzene rings is 1. The number of piperidine rings is 1. The van der Waals surface area contributed by atoms with Crippen molar-refractivity contribution in [3.05, 3.63) is 41.2 Å². The average molecular weight is 381 g/mol. The molecule has 0 saturated carbocycles. The summed E-state index contributed by atoms with van der Waals surface area (Å²) in [6.07, 6.45) is 4.72. The maximum absolute atomic E-state index is 12.4. The van der Waals surface area contributed by atoms with Crippen LogP contribution in [0.5, 0.6) is 0 Å². The van der Waals surface area contributed by atoms with Crippen LogP contribution in [-0.2, 0) is 4.74 Å². The number of rotatable bonds is 4. The van der Waals surface area contributed by atoms with Crippen LogP contribution in [0.2, 0.25) is 0 Å². The van der Waals surface area contributed by atoms with Gasteiger partial charge in [0.1, 0.15) is 6.07 Å². The number of nitrogens with zero attached hydrogens (tertiary/aromatic N) is 3. The number of nitrogen functional groups attached to an aromatic ring is 1. The van der Waals surface area contributed by atoms with Crippen LogP contribution in [0.1, 0.15) is 52.6 Å². The van der Waals surface area contributed by atoms with Crippen LogP contribution >= 0.6 is 0 Å². The number of esters is 1. The summed E-state index contributed by atoms with van der Waals surface area (Å²) < 4.78 is 6.38. The lowest BCUT2D eigenvalue weighted by Crippen LogP contribution is -2.38. The van der Waals surface area contributed by atoms with Crippen molar-refractivity contribution in [2.75, 3.05) is 24.3 Å². The number of nitrogens with two attached hydrogens (primary N) is 2. The lowest BCUT2D eigenvalue weighted by atomic mass is 10.0. The topological polar surface area (TPSA) is 127 Å². The fourth-order valence-corrected chi connectivity index (χ4v) is 3.67. The average Bonchev–Trinajstić information content (AvgIpc) is 3.03. The fourth-order valence-electron chi connectivity index (χ4n) is 3.67. The predicted molar refractivity (Wildman–Crippen MR) is 105 cm³/mol. The Hall–Kier alpha value is -3.47. The number of methoxy groups -OCH3 is 1. The lowest BCUT2D eigenvalue weighted by Gasteiger charge is -2.37. The van der Waals surface area contributed by atoms with Crippen LogP contribution in [0.15, 0.2) is 24.4 Å². The van der Waals surface area contributed by atoms with Gasteiger partial charge in [-0.2, -0.15) is 5.26 Å². The zero-order valence-corrected chi connectivity index (χ0v) is 15.9. The molecule has 1 saturated heterocycles. The molecule has 1 atom stereocenters. The highest BCUT2D eigenvalue weighted by atomic mass is 16.5. The Bertz CT molecular complexity index is 973. The number of hydrogen-bond acceptors (Lipinski definition) is 6. The van der Waals surface area contributed by atoms with Crippen LogP contribution in [0.4, 0.5) is 11.4 Å². The van der Waals surface area contributed by atoms with Gasteiger partial charge in [-0.1, -0.05) is 0 Å². The number of carbonyl (C=O) groups is 2. The first-order chi connectivity index (χ1) is 13.4. The highest BCUT2D eigenvalue weighted by molar-refractivity contribution is 5.97. The summed E-state index contributed by atoms with van der Waals surface area (Å²) in [6.45, 7) is 2.98. The van der Waals surface area contributed by atoms with Crippen molar-refractivity contribution >= 4 is 23.3 Å². The molecule has 1 aliphatic heterocycles. The van der Waals surface area contributed by atoms with Crippen molar-refractivity contribution < 1.29 is 14.3 Å². The smallest absolute Gasteiger partial charge is 0.357 e. The molecule has 1 aromatic heterocycles. The second-order valence-corrected chi connectivity index (χ2v) is 6.88. The predicted octanol–water partition coefficient (Wildman–Crippen LogP) is 2.20. The van der Waals surface area contributed by atoms with Crippen molar-refractivity contribution in [2.24, 2.45) is 5.73 Å². The molecular formula is C20H23N5O3. The van der Waals surface area contributed by atoms with Crippen LogP contribution in [0, 0.1) is 11.3 Å². The minimum atomic E-state index is -0.666. The summed E-state index contributed by atoms with van der Waals surface area (Å²) in [7, 11) is 1.25. The molecule has 4 N–H and O–H groups in total. The second-order valence-electron chi connectivity index (χ2n) is 6.88. The Kier molecular flexibility index (Phi) is 5.27. The fraction of sp³-hybridized carbons (Fsp3) is 0.350. The summed E-state index contributed by atoms with van der Waals surface area (Å²) in [6, 6.07) is 7.38. The number of anilines is 2. The molecule has 8 nitrogen and oxygen atoms in total. The molecule has 3 rings (SSSR count). The van der Waals surface area contributed by atoms with E-state index in [1.807, 2.05) is 12.1 Å². The van der Waals surface area contributed by atoms with Gasteiger partial charge in [-0.15, -0.1) is 0 Å². The van der Waals surface area contributed by atoms with Gasteiger partial charge in [0.25, 0.3) is 0 Å². The highest BCUT2D eigenvalue weighted by Gasteiger charge is 2.27. The van der Waals surface area contributed by atoms with Gasteiger partial charge in [0.05, 0.1) is 29.7 Å². The van der Waals surface area contributed by atoms with E-state index in [0.717, 1.165) is 31.5 Å². The summed E-state index contributed by atoms with van der Waals surface area (Å²) in [5.74, 6) is -1.25. The van der Waals surface area contributed by atoms with E-state index in [9.17, 15) is 14.9 Å². The summed E-state index contributed by atoms with van der Waals surface area (Å²) >= 11 is 0. The van der Waals surface area contributed by atoms with Crippen molar-refractivity contribution in [1.82, 2.24) is 4.57 Å². The van der Waals surface area contributed by atoms with Gasteiger partial charge in [-0.3, -0.25) is 4.79 Å². The zero-order chi connectivity index (χ0) is 20.4. The molecule has 1 amide bonds. The molecule has 1 fully saturated rings. The number of ether oxygens (including phenoxy) is 1. The van der Waals surface area contributed by atoms with Gasteiger partial charge in [0.15, 0.2) is 5.69 Å². The molecule has 0 aliphatic carbocycles. The third-order valence-electron chi connectivity index (χ3n) is 5.18. The molecule has 2 aromatic rings. The minimum Gasteiger partial charge on any atom is -0.464 e. The van der Waals surface area contributed by atoms with Crippen LogP contribution in [-0.4, -0.2) is 36.1 Å². The van der Waals surface area contributed by atoms with Crippen LogP contribution in [0.3, 0.4) is 0 Å². The SMILES string of the molecule is COC(=O)c1c(N)c(C#N)cn1-c1cc(C(N)=O)ccc1N1CCCCC1C. The Morgan fingerprint density at radius 2 is 2.04 bits per heavy atom. The quantitative estimate of drug-likeness (QED) is 0.782. The van der Waals surface area contributed by atoms with E-state index in [4.69, 9.17) is 16.2 Å². The van der Waals surface area contributed by atoms with E-state index >= 15 is 0 Å². The lowest BCUT2D eigenvalue weighted by molar-refractivity contribution is 0.0593. The van der Waals surface area contributed by atoms with Crippen molar-refractivity contribution in [3.63, 3.8) is 0 Å². The van der Waals surface area contributed by atoms with Gasteiger partial charge < -0.3 is 25.7 Å². The second kappa shape index (κ2) is 7.64. The molecule has 28 heavy (non-hydrogen) atoms. The maximum atomic E-state index is 12.4. The van der Waals surface area contributed by atoms with Crippen molar-refractivity contribution in [1.29, 1.82) is 5.26 Å². The number of aromatic nitrogens is 1. The van der Waals surface area contributed by atoms with E-state index in [1.165, 1.54) is 17.9 Å². The Morgan fingerprint density at radius 3 is 2.64 bits per heavy atom. The summed E-state index contributed by atoms with van der Waals surface area (Å²) in [4.78, 5) is 26.4. The largest absolute Gasteiger partial charge is 0.464 e. The van der Waals surface area contributed by atoms with Crippen molar-refractivity contribution in [2.45, 2.75) is 32.2 Å². The van der Waals surface area contributed by atoms with Gasteiger partial charge in [0, 0.05) is 24.3 Å². The minimum absolute atomic E-state index is 0.0384. The van der Waals surface area contributed by atoms with Gasteiger partial charge in [-0.25, -0.2) is 4.79 Å². The molecule has 2 heterocycles. The highest BCUT2D eigenvalue weighted by Crippen LogP contribution is 2.34. The molecule has 1 aromatic carbocycles. The van der Waals surface area contributed by atoms with Crippen molar-refractivity contribution in [3.8, 4) is 11.8 Å². The van der Waals surface area contributed by atoms with Gasteiger partial charge >= 0.3 is 5.97 Å².